The van der Waals surface area contributed by atoms with Crippen molar-refractivity contribution in [3.63, 3.8) is 0 Å². The largest absolute Gasteiger partial charge is 0.519 e. The Balaban J connectivity index is 1.70. The Labute approximate surface area is 153 Å². The first kappa shape index (κ1) is 19.8. The van der Waals surface area contributed by atoms with Crippen molar-refractivity contribution in [3.8, 4) is 0 Å². The first-order chi connectivity index (χ1) is 11.7. The van der Waals surface area contributed by atoms with E-state index in [9.17, 15) is 0 Å². The van der Waals surface area contributed by atoms with Crippen molar-refractivity contribution in [2.45, 2.75) is 58.0 Å². The maximum atomic E-state index is 6.10. The van der Waals surface area contributed by atoms with Gasteiger partial charge in [0.15, 0.2) is 0 Å². The molecular weight excluding hydrogens is 328 g/mol. The smallest absolute Gasteiger partial charge is 0.258 e. The molecule has 0 spiro atoms. The highest BCUT2D eigenvalue weighted by molar-refractivity contribution is 6.74. The fourth-order valence-corrected chi connectivity index (χ4v) is 3.40. The van der Waals surface area contributed by atoms with Crippen molar-refractivity contribution in [1.82, 2.24) is 0 Å². The third kappa shape index (κ3) is 6.05. The van der Waals surface area contributed by atoms with Gasteiger partial charge in [-0.1, -0.05) is 57.2 Å². The predicted molar refractivity (Wildman–Crippen MR) is 106 cm³/mol. The van der Waals surface area contributed by atoms with E-state index < -0.39 is 8.32 Å². The molecule has 2 rings (SSSR count). The summed E-state index contributed by atoms with van der Waals surface area (Å²) in [4.78, 5) is 0. The van der Waals surface area contributed by atoms with Crippen LogP contribution in [0.15, 0.2) is 55.0 Å². The molecule has 0 saturated heterocycles. The topological polar surface area (TPSA) is 27.7 Å². The molecular formula is C21H32O3Si. The monoisotopic (exact) mass is 360 g/mol. The van der Waals surface area contributed by atoms with Crippen LogP contribution in [-0.2, 0) is 20.5 Å². The summed E-state index contributed by atoms with van der Waals surface area (Å²) in [5, 5.41) is 0.138. The lowest BCUT2D eigenvalue weighted by atomic mass is 10.1. The van der Waals surface area contributed by atoms with E-state index in [-0.39, 0.29) is 11.1 Å². The zero-order valence-electron chi connectivity index (χ0n) is 16.2. The summed E-state index contributed by atoms with van der Waals surface area (Å²) in [5.41, 5.74) is 1.20. The average molecular weight is 361 g/mol. The molecule has 0 radical (unpaired) electrons. The summed E-state index contributed by atoms with van der Waals surface area (Å²) in [5.74, 6) is 0.835. The van der Waals surface area contributed by atoms with E-state index in [4.69, 9.17) is 13.9 Å². The van der Waals surface area contributed by atoms with Gasteiger partial charge in [-0.15, -0.1) is 0 Å². The molecule has 2 atom stereocenters. The second-order valence-corrected chi connectivity index (χ2v) is 13.0. The minimum absolute atomic E-state index is 0.0302. The molecule has 0 heterocycles. The molecule has 0 unspecified atom stereocenters. The third-order valence-corrected chi connectivity index (χ3v) is 9.38. The van der Waals surface area contributed by atoms with Gasteiger partial charge >= 0.3 is 0 Å². The van der Waals surface area contributed by atoms with Gasteiger partial charge in [0, 0.05) is 5.92 Å². The molecule has 0 aliphatic heterocycles. The maximum absolute atomic E-state index is 6.10. The SMILES string of the molecule is C=C(O[C@@H]1C=C[C@@H](COCc2ccccc2)C1)O[Si](C)(C)C(C)(C)C. The van der Waals surface area contributed by atoms with Crippen LogP contribution in [0.1, 0.15) is 32.8 Å². The molecule has 1 aromatic rings. The number of ether oxygens (including phenoxy) is 2. The minimum Gasteiger partial charge on any atom is -0.519 e. The van der Waals surface area contributed by atoms with E-state index in [2.05, 4.69) is 64.7 Å². The minimum atomic E-state index is -1.89. The van der Waals surface area contributed by atoms with Gasteiger partial charge in [0.05, 0.1) is 13.2 Å². The maximum Gasteiger partial charge on any atom is 0.258 e. The quantitative estimate of drug-likeness (QED) is 0.340. The summed E-state index contributed by atoms with van der Waals surface area (Å²) in [6.07, 6.45) is 5.21. The number of benzene rings is 1. The van der Waals surface area contributed by atoms with Crippen molar-refractivity contribution in [1.29, 1.82) is 0 Å². The van der Waals surface area contributed by atoms with Crippen molar-refractivity contribution in [3.05, 3.63) is 60.6 Å². The van der Waals surface area contributed by atoms with Crippen LogP contribution in [0, 0.1) is 5.92 Å². The first-order valence-corrected chi connectivity index (χ1v) is 11.9. The van der Waals surface area contributed by atoms with Crippen molar-refractivity contribution in [2.75, 3.05) is 6.61 Å². The Bertz CT molecular complexity index is 587. The predicted octanol–water partition coefficient (Wildman–Crippen LogP) is 5.66. The Morgan fingerprint density at radius 2 is 1.84 bits per heavy atom. The molecule has 0 fully saturated rings. The van der Waals surface area contributed by atoms with Crippen LogP contribution in [0.25, 0.3) is 0 Å². The van der Waals surface area contributed by atoms with Crippen LogP contribution >= 0.6 is 0 Å². The number of hydrogen-bond donors (Lipinski definition) is 0. The highest BCUT2D eigenvalue weighted by Gasteiger charge is 2.40. The highest BCUT2D eigenvalue weighted by Crippen LogP contribution is 2.38. The second kappa shape index (κ2) is 8.24. The van der Waals surface area contributed by atoms with Crippen LogP contribution in [0.3, 0.4) is 0 Å². The van der Waals surface area contributed by atoms with Gasteiger partial charge < -0.3 is 13.9 Å². The van der Waals surface area contributed by atoms with Crippen LogP contribution in [-0.4, -0.2) is 21.0 Å². The van der Waals surface area contributed by atoms with Crippen LogP contribution < -0.4 is 0 Å². The lowest BCUT2D eigenvalue weighted by molar-refractivity contribution is 0.0459. The lowest BCUT2D eigenvalue weighted by Crippen LogP contribution is -2.40. The van der Waals surface area contributed by atoms with E-state index in [0.29, 0.717) is 25.1 Å². The van der Waals surface area contributed by atoms with E-state index in [1.807, 2.05) is 18.2 Å². The number of rotatable bonds is 8. The van der Waals surface area contributed by atoms with E-state index in [1.54, 1.807) is 0 Å². The molecule has 0 bridgehead atoms. The molecule has 0 saturated carbocycles. The molecule has 0 N–H and O–H groups in total. The molecule has 0 aromatic heterocycles. The second-order valence-electron chi connectivity index (χ2n) is 8.27. The normalized spacial score (nSPS) is 20.5. The first-order valence-electron chi connectivity index (χ1n) is 9.02. The average Bonchev–Trinajstić information content (AvgIpc) is 2.94. The summed E-state index contributed by atoms with van der Waals surface area (Å²) in [6.45, 7) is 16.4. The molecule has 4 heteroatoms. The summed E-state index contributed by atoms with van der Waals surface area (Å²) in [6, 6.07) is 10.2. The zero-order chi connectivity index (χ0) is 18.5. The summed E-state index contributed by atoms with van der Waals surface area (Å²) in [7, 11) is -1.89. The van der Waals surface area contributed by atoms with Crippen LogP contribution in [0.4, 0.5) is 0 Å². The van der Waals surface area contributed by atoms with Gasteiger partial charge in [-0.05, 0) is 42.8 Å². The fraction of sp³-hybridized carbons (Fsp3) is 0.524. The Kier molecular flexibility index (Phi) is 6.52. The van der Waals surface area contributed by atoms with Gasteiger partial charge in [-0.3, -0.25) is 0 Å². The standard InChI is InChI=1S/C21H32O3Si/c1-17(24-25(5,6)21(2,3)4)23-20-13-12-19(14-20)16-22-15-18-10-8-7-9-11-18/h7-13,19-20H,1,14-16H2,2-6H3/t19-,20-/m1/s1. The van der Waals surface area contributed by atoms with Gasteiger partial charge in [-0.2, -0.15) is 0 Å². The highest BCUT2D eigenvalue weighted by atomic mass is 28.4. The molecule has 1 aliphatic carbocycles. The van der Waals surface area contributed by atoms with E-state index in [0.717, 1.165) is 6.42 Å². The van der Waals surface area contributed by atoms with Crippen LogP contribution in [0.5, 0.6) is 0 Å². The molecule has 138 valence electrons. The summed E-state index contributed by atoms with van der Waals surface area (Å²) < 4.78 is 17.8. The van der Waals surface area contributed by atoms with Crippen molar-refractivity contribution >= 4 is 8.32 Å². The summed E-state index contributed by atoms with van der Waals surface area (Å²) >= 11 is 0. The fourth-order valence-electron chi connectivity index (χ4n) is 2.48. The Morgan fingerprint density at radius 3 is 2.48 bits per heavy atom. The molecule has 1 aliphatic rings. The Morgan fingerprint density at radius 1 is 1.16 bits per heavy atom. The molecule has 3 nitrogen and oxygen atoms in total. The molecule has 1 aromatic carbocycles. The van der Waals surface area contributed by atoms with Gasteiger partial charge in [0.2, 0.25) is 0 Å². The third-order valence-electron chi connectivity index (χ3n) is 5.03. The van der Waals surface area contributed by atoms with Gasteiger partial charge in [-0.25, -0.2) is 0 Å². The van der Waals surface area contributed by atoms with Crippen LogP contribution in [0.2, 0.25) is 18.1 Å². The van der Waals surface area contributed by atoms with Gasteiger partial charge in [0.1, 0.15) is 6.10 Å². The van der Waals surface area contributed by atoms with Crippen molar-refractivity contribution in [2.24, 2.45) is 5.92 Å². The van der Waals surface area contributed by atoms with E-state index >= 15 is 0 Å². The van der Waals surface area contributed by atoms with E-state index in [1.165, 1.54) is 5.56 Å². The Hall–Kier alpha value is -1.52. The molecule has 25 heavy (non-hydrogen) atoms. The zero-order valence-corrected chi connectivity index (χ0v) is 17.2. The van der Waals surface area contributed by atoms with Gasteiger partial charge in [0.25, 0.3) is 14.3 Å². The van der Waals surface area contributed by atoms with Crippen molar-refractivity contribution < 1.29 is 13.9 Å². The number of hydrogen-bond acceptors (Lipinski definition) is 3. The molecule has 0 amide bonds. The lowest BCUT2D eigenvalue weighted by Gasteiger charge is -2.36.